The van der Waals surface area contributed by atoms with Crippen LogP contribution in [0.4, 0.5) is 0 Å². The fourth-order valence-corrected chi connectivity index (χ4v) is 3.08. The molecule has 2 aromatic carbocycles. The summed E-state index contributed by atoms with van der Waals surface area (Å²) in [4.78, 5) is 28.8. The van der Waals surface area contributed by atoms with Gasteiger partial charge in [-0.2, -0.15) is 0 Å². The van der Waals surface area contributed by atoms with Crippen molar-refractivity contribution in [2.75, 3.05) is 26.2 Å². The van der Waals surface area contributed by atoms with Gasteiger partial charge in [-0.25, -0.2) is 4.79 Å². The van der Waals surface area contributed by atoms with E-state index in [1.54, 1.807) is 36.1 Å². The molecule has 1 fully saturated rings. The molecule has 1 unspecified atom stereocenters. The van der Waals surface area contributed by atoms with Crippen molar-refractivity contribution in [2.45, 2.75) is 19.6 Å². The second-order valence-electron chi connectivity index (χ2n) is 6.50. The van der Waals surface area contributed by atoms with E-state index in [1.807, 2.05) is 24.3 Å². The summed E-state index contributed by atoms with van der Waals surface area (Å²) in [6, 6.07) is 19.1. The van der Waals surface area contributed by atoms with Crippen molar-refractivity contribution in [3.05, 3.63) is 71.8 Å². The summed E-state index contributed by atoms with van der Waals surface area (Å²) in [7, 11) is 0. The van der Waals surface area contributed by atoms with Crippen molar-refractivity contribution >= 4 is 11.9 Å². The number of hydrogen-bond acceptors (Lipinski definition) is 4. The molecule has 0 saturated carbocycles. The number of carbonyl (C=O) groups excluding carboxylic acids is 2. The highest BCUT2D eigenvalue weighted by molar-refractivity contribution is 5.92. The van der Waals surface area contributed by atoms with Crippen LogP contribution >= 0.6 is 0 Å². The molecule has 0 aromatic heterocycles. The summed E-state index contributed by atoms with van der Waals surface area (Å²) in [5.41, 5.74) is 1.73. The van der Waals surface area contributed by atoms with Gasteiger partial charge in [0.1, 0.15) is 0 Å². The molecular weight excluding hydrogens is 328 g/mol. The van der Waals surface area contributed by atoms with Crippen molar-refractivity contribution < 1.29 is 14.3 Å². The second-order valence-corrected chi connectivity index (χ2v) is 6.50. The maximum absolute atomic E-state index is 12.6. The van der Waals surface area contributed by atoms with Crippen LogP contribution in [0.5, 0.6) is 0 Å². The monoisotopic (exact) mass is 352 g/mol. The van der Waals surface area contributed by atoms with Crippen LogP contribution in [0, 0.1) is 0 Å². The standard InChI is InChI=1S/C21H24N2O3/c1-17(26-21(25)19-10-6-3-7-11-19)20(24)23-14-12-22(13-15-23)16-18-8-4-2-5-9-18/h2-11,17H,12-16H2,1H3. The fraction of sp³-hybridized carbons (Fsp3) is 0.333. The van der Waals surface area contributed by atoms with Gasteiger partial charge in [0.25, 0.3) is 5.91 Å². The van der Waals surface area contributed by atoms with Gasteiger partial charge in [-0.3, -0.25) is 9.69 Å². The topological polar surface area (TPSA) is 49.9 Å². The number of amides is 1. The van der Waals surface area contributed by atoms with Crippen molar-refractivity contribution in [3.63, 3.8) is 0 Å². The number of carbonyl (C=O) groups is 2. The predicted molar refractivity (Wildman–Crippen MR) is 99.6 cm³/mol. The Hall–Kier alpha value is -2.66. The van der Waals surface area contributed by atoms with E-state index in [9.17, 15) is 9.59 Å². The summed E-state index contributed by atoms with van der Waals surface area (Å²) in [6.45, 7) is 5.47. The molecule has 1 aliphatic rings. The molecule has 0 aliphatic carbocycles. The van der Waals surface area contributed by atoms with Crippen LogP contribution in [0.2, 0.25) is 0 Å². The van der Waals surface area contributed by atoms with Gasteiger partial charge >= 0.3 is 5.97 Å². The number of nitrogens with zero attached hydrogens (tertiary/aromatic N) is 2. The lowest BCUT2D eigenvalue weighted by Gasteiger charge is -2.35. The van der Waals surface area contributed by atoms with Crippen molar-refractivity contribution in [1.29, 1.82) is 0 Å². The van der Waals surface area contributed by atoms with E-state index in [2.05, 4.69) is 17.0 Å². The van der Waals surface area contributed by atoms with Gasteiger partial charge in [0.05, 0.1) is 5.56 Å². The minimum absolute atomic E-state index is 0.131. The Morgan fingerprint density at radius 3 is 2.12 bits per heavy atom. The molecule has 26 heavy (non-hydrogen) atoms. The molecule has 5 heteroatoms. The quantitative estimate of drug-likeness (QED) is 0.776. The molecule has 5 nitrogen and oxygen atoms in total. The van der Waals surface area contributed by atoms with E-state index in [0.717, 1.165) is 19.6 Å². The number of benzene rings is 2. The largest absolute Gasteiger partial charge is 0.449 e. The van der Waals surface area contributed by atoms with Crippen LogP contribution in [0.3, 0.4) is 0 Å². The Bertz CT molecular complexity index is 725. The number of rotatable bonds is 5. The maximum Gasteiger partial charge on any atom is 0.338 e. The lowest BCUT2D eigenvalue weighted by Crippen LogP contribution is -2.51. The predicted octanol–water partition coefficient (Wildman–Crippen LogP) is 2.58. The van der Waals surface area contributed by atoms with Crippen LogP contribution in [-0.2, 0) is 16.1 Å². The highest BCUT2D eigenvalue weighted by atomic mass is 16.5. The smallest absolute Gasteiger partial charge is 0.338 e. The van der Waals surface area contributed by atoms with Gasteiger partial charge in [0.2, 0.25) is 0 Å². The number of ether oxygens (including phenoxy) is 1. The minimum Gasteiger partial charge on any atom is -0.449 e. The Labute approximate surface area is 154 Å². The average molecular weight is 352 g/mol. The summed E-state index contributed by atoms with van der Waals surface area (Å²) in [5, 5.41) is 0. The zero-order valence-corrected chi connectivity index (χ0v) is 15.0. The zero-order valence-electron chi connectivity index (χ0n) is 15.0. The number of esters is 1. The van der Waals surface area contributed by atoms with Crippen LogP contribution in [0.15, 0.2) is 60.7 Å². The summed E-state index contributed by atoms with van der Waals surface area (Å²) < 4.78 is 5.33. The van der Waals surface area contributed by atoms with E-state index >= 15 is 0 Å². The van der Waals surface area contributed by atoms with Crippen molar-refractivity contribution in [2.24, 2.45) is 0 Å². The van der Waals surface area contributed by atoms with Gasteiger partial charge in [0.15, 0.2) is 6.10 Å². The molecule has 2 aromatic rings. The van der Waals surface area contributed by atoms with E-state index in [-0.39, 0.29) is 5.91 Å². The van der Waals surface area contributed by atoms with Crippen LogP contribution < -0.4 is 0 Å². The van der Waals surface area contributed by atoms with Gasteiger partial charge in [0, 0.05) is 32.7 Å². The molecule has 3 rings (SSSR count). The maximum atomic E-state index is 12.6. The van der Waals surface area contributed by atoms with Crippen molar-refractivity contribution in [1.82, 2.24) is 9.80 Å². The molecule has 0 bridgehead atoms. The number of hydrogen-bond donors (Lipinski definition) is 0. The Kier molecular flexibility index (Phi) is 6.02. The molecule has 1 aliphatic heterocycles. The third kappa shape index (κ3) is 4.70. The third-order valence-corrected chi connectivity index (χ3v) is 4.57. The first kappa shape index (κ1) is 18.1. The van der Waals surface area contributed by atoms with Gasteiger partial charge in [-0.15, -0.1) is 0 Å². The molecule has 0 spiro atoms. The molecule has 136 valence electrons. The van der Waals surface area contributed by atoms with E-state index in [0.29, 0.717) is 18.7 Å². The van der Waals surface area contributed by atoms with Crippen LogP contribution in [-0.4, -0.2) is 54.0 Å². The zero-order chi connectivity index (χ0) is 18.4. The molecule has 1 saturated heterocycles. The Morgan fingerprint density at radius 1 is 0.923 bits per heavy atom. The van der Waals surface area contributed by atoms with E-state index in [1.165, 1.54) is 5.56 Å². The summed E-state index contributed by atoms with van der Waals surface area (Å²) in [6.07, 6.45) is -0.775. The molecule has 1 heterocycles. The normalized spacial score (nSPS) is 16.1. The Morgan fingerprint density at radius 2 is 1.50 bits per heavy atom. The second kappa shape index (κ2) is 8.63. The van der Waals surface area contributed by atoms with Gasteiger partial charge in [-0.1, -0.05) is 48.5 Å². The molecule has 0 radical (unpaired) electrons. The first-order valence-corrected chi connectivity index (χ1v) is 8.94. The Balaban J connectivity index is 1.47. The number of piperazine rings is 1. The van der Waals surface area contributed by atoms with E-state index in [4.69, 9.17) is 4.74 Å². The average Bonchev–Trinajstić information content (AvgIpc) is 2.69. The molecule has 1 amide bonds. The first-order chi connectivity index (χ1) is 12.6. The van der Waals surface area contributed by atoms with E-state index < -0.39 is 12.1 Å². The highest BCUT2D eigenvalue weighted by Crippen LogP contribution is 2.11. The summed E-state index contributed by atoms with van der Waals surface area (Å²) in [5.74, 6) is -0.595. The van der Waals surface area contributed by atoms with Gasteiger partial charge in [-0.05, 0) is 24.6 Å². The highest BCUT2D eigenvalue weighted by Gasteiger charge is 2.27. The fourth-order valence-electron chi connectivity index (χ4n) is 3.08. The molecular formula is C21H24N2O3. The molecule has 0 N–H and O–H groups in total. The first-order valence-electron chi connectivity index (χ1n) is 8.94. The minimum atomic E-state index is -0.775. The lowest BCUT2D eigenvalue weighted by atomic mass is 10.2. The SMILES string of the molecule is CC(OC(=O)c1ccccc1)C(=O)N1CCN(Cc2ccccc2)CC1. The molecule has 1 atom stereocenters. The van der Waals surface area contributed by atoms with Crippen LogP contribution in [0.1, 0.15) is 22.8 Å². The van der Waals surface area contributed by atoms with Crippen LogP contribution in [0.25, 0.3) is 0 Å². The summed E-state index contributed by atoms with van der Waals surface area (Å²) >= 11 is 0. The van der Waals surface area contributed by atoms with Gasteiger partial charge < -0.3 is 9.64 Å². The third-order valence-electron chi connectivity index (χ3n) is 4.57. The van der Waals surface area contributed by atoms with Crippen molar-refractivity contribution in [3.8, 4) is 0 Å². The lowest BCUT2D eigenvalue weighted by molar-refractivity contribution is -0.141.